The first-order valence-corrected chi connectivity index (χ1v) is 20.7. The molecule has 0 radical (unpaired) electrons. The number of rotatable bonds is 6. The van der Waals surface area contributed by atoms with E-state index in [-0.39, 0.29) is 0 Å². The Labute approximate surface area is 354 Å². The van der Waals surface area contributed by atoms with Gasteiger partial charge in [-0.25, -0.2) is 15.0 Å². The van der Waals surface area contributed by atoms with Crippen LogP contribution in [0.15, 0.2) is 219 Å². The molecule has 284 valence electrons. The van der Waals surface area contributed by atoms with E-state index >= 15 is 0 Å². The van der Waals surface area contributed by atoms with E-state index in [1.807, 2.05) is 54.9 Å². The number of aromatic nitrogens is 4. The van der Waals surface area contributed by atoms with Crippen molar-refractivity contribution in [2.75, 3.05) is 0 Å². The summed E-state index contributed by atoms with van der Waals surface area (Å²) in [4.78, 5) is 19.8. The predicted molar refractivity (Wildman–Crippen MR) is 247 cm³/mol. The highest BCUT2D eigenvalue weighted by Gasteiger charge is 2.51. The molecule has 2 heterocycles. The van der Waals surface area contributed by atoms with Crippen molar-refractivity contribution in [3.8, 4) is 89.8 Å². The van der Waals surface area contributed by atoms with Gasteiger partial charge >= 0.3 is 0 Å². The zero-order chi connectivity index (χ0) is 40.3. The third kappa shape index (κ3) is 5.61. The summed E-state index contributed by atoms with van der Waals surface area (Å²) in [6.45, 7) is 0. The maximum atomic E-state index is 5.20. The number of hydrogen-bond donors (Lipinski definition) is 0. The maximum Gasteiger partial charge on any atom is 0.164 e. The highest BCUT2D eigenvalue weighted by atomic mass is 15.0. The molecule has 4 heteroatoms. The lowest BCUT2D eigenvalue weighted by molar-refractivity contribution is 0.794. The highest BCUT2D eigenvalue weighted by Crippen LogP contribution is 2.63. The molecule has 10 aromatic rings. The molecule has 0 saturated carbocycles. The van der Waals surface area contributed by atoms with Crippen molar-refractivity contribution in [3.63, 3.8) is 0 Å². The van der Waals surface area contributed by atoms with Crippen molar-refractivity contribution >= 4 is 0 Å². The van der Waals surface area contributed by atoms with Crippen molar-refractivity contribution < 1.29 is 0 Å². The van der Waals surface area contributed by atoms with Crippen LogP contribution in [0, 0.1) is 0 Å². The molecule has 0 aliphatic heterocycles. The molecule has 0 fully saturated rings. The molecule has 0 amide bonds. The highest BCUT2D eigenvalue weighted by molar-refractivity contribution is 5.96. The molecule has 2 aromatic heterocycles. The average molecular weight is 777 g/mol. The molecule has 12 rings (SSSR count). The van der Waals surface area contributed by atoms with Gasteiger partial charge in [-0.3, -0.25) is 4.98 Å². The number of benzene rings is 8. The lowest BCUT2D eigenvalue weighted by Crippen LogP contribution is -2.25. The summed E-state index contributed by atoms with van der Waals surface area (Å²) < 4.78 is 0. The predicted octanol–water partition coefficient (Wildman–Crippen LogP) is 13.6. The second-order valence-electron chi connectivity index (χ2n) is 15.8. The van der Waals surface area contributed by atoms with Gasteiger partial charge in [0.25, 0.3) is 0 Å². The van der Waals surface area contributed by atoms with Crippen LogP contribution in [-0.2, 0) is 5.41 Å². The Bertz CT molecular complexity index is 3180. The summed E-state index contributed by atoms with van der Waals surface area (Å²) in [6, 6.07) is 73.9. The van der Waals surface area contributed by atoms with E-state index in [0.717, 1.165) is 50.1 Å². The van der Waals surface area contributed by atoms with Crippen LogP contribution in [0.5, 0.6) is 0 Å². The molecule has 0 N–H and O–H groups in total. The van der Waals surface area contributed by atoms with E-state index in [1.165, 1.54) is 44.5 Å². The molecule has 2 aliphatic rings. The van der Waals surface area contributed by atoms with Gasteiger partial charge in [0.15, 0.2) is 17.5 Å². The Kier molecular flexibility index (Phi) is 8.04. The standard InChI is InChI=1S/C57H36N4/c1-3-15-37(16-4-1)54-59-55(38-17-5-2-6-18-38)61-56(60-54)45-33-43(40-20-13-19-39(31-40)42-21-14-30-58-36-42)32-44(34-45)41-28-29-49-48-24-9-12-27-52(48)57(53(49)35-41)50-25-10-7-22-46(50)47-23-8-11-26-51(47)57/h1-36H. The van der Waals surface area contributed by atoms with Crippen molar-refractivity contribution in [3.05, 3.63) is 241 Å². The minimum Gasteiger partial charge on any atom is -0.264 e. The molecule has 0 bridgehead atoms. The summed E-state index contributed by atoms with van der Waals surface area (Å²) in [5.41, 5.74) is 19.3. The molecular formula is C57H36N4. The summed E-state index contributed by atoms with van der Waals surface area (Å²) >= 11 is 0. The van der Waals surface area contributed by atoms with Crippen LogP contribution >= 0.6 is 0 Å². The maximum absolute atomic E-state index is 5.20. The van der Waals surface area contributed by atoms with E-state index in [1.54, 1.807) is 0 Å². The van der Waals surface area contributed by atoms with E-state index in [0.29, 0.717) is 17.5 Å². The van der Waals surface area contributed by atoms with Crippen molar-refractivity contribution in [2.45, 2.75) is 5.41 Å². The quantitative estimate of drug-likeness (QED) is 0.169. The molecule has 2 aliphatic carbocycles. The van der Waals surface area contributed by atoms with Crippen LogP contribution in [0.4, 0.5) is 0 Å². The molecule has 0 saturated heterocycles. The topological polar surface area (TPSA) is 51.6 Å². The Hall–Kier alpha value is -8.08. The first-order chi connectivity index (χ1) is 30.2. The van der Waals surface area contributed by atoms with Gasteiger partial charge in [-0.1, -0.05) is 170 Å². The molecule has 4 nitrogen and oxygen atoms in total. The fourth-order valence-corrected chi connectivity index (χ4v) is 9.71. The van der Waals surface area contributed by atoms with E-state index in [4.69, 9.17) is 15.0 Å². The lowest BCUT2D eigenvalue weighted by atomic mass is 9.70. The van der Waals surface area contributed by atoms with Gasteiger partial charge in [-0.2, -0.15) is 0 Å². The normalized spacial score (nSPS) is 12.7. The summed E-state index contributed by atoms with van der Waals surface area (Å²) in [6.07, 6.45) is 3.73. The minimum atomic E-state index is -0.447. The summed E-state index contributed by atoms with van der Waals surface area (Å²) in [5, 5.41) is 0. The summed E-state index contributed by atoms with van der Waals surface area (Å²) in [5.74, 6) is 1.87. The number of fused-ring (bicyclic) bond motifs is 10. The first-order valence-electron chi connectivity index (χ1n) is 20.7. The average Bonchev–Trinajstić information content (AvgIpc) is 3.82. The Morgan fingerprint density at radius 3 is 1.21 bits per heavy atom. The van der Waals surface area contributed by atoms with Crippen LogP contribution in [0.2, 0.25) is 0 Å². The van der Waals surface area contributed by atoms with Gasteiger partial charge in [-0.05, 0) is 109 Å². The monoisotopic (exact) mass is 776 g/mol. The van der Waals surface area contributed by atoms with Crippen molar-refractivity contribution in [2.24, 2.45) is 0 Å². The smallest absolute Gasteiger partial charge is 0.164 e. The largest absolute Gasteiger partial charge is 0.264 e. The second kappa shape index (κ2) is 14.0. The van der Waals surface area contributed by atoms with Crippen LogP contribution in [0.3, 0.4) is 0 Å². The van der Waals surface area contributed by atoms with Gasteiger partial charge < -0.3 is 0 Å². The second-order valence-corrected chi connectivity index (χ2v) is 15.8. The molecule has 0 unspecified atom stereocenters. The molecule has 0 atom stereocenters. The summed E-state index contributed by atoms with van der Waals surface area (Å²) in [7, 11) is 0. The molecule has 61 heavy (non-hydrogen) atoms. The van der Waals surface area contributed by atoms with Gasteiger partial charge in [0.2, 0.25) is 0 Å². The number of pyridine rings is 1. The van der Waals surface area contributed by atoms with Gasteiger partial charge in [0, 0.05) is 34.6 Å². The third-order valence-electron chi connectivity index (χ3n) is 12.4. The fourth-order valence-electron chi connectivity index (χ4n) is 9.71. The zero-order valence-electron chi connectivity index (χ0n) is 33.1. The fraction of sp³-hybridized carbons (Fsp3) is 0.0175. The minimum absolute atomic E-state index is 0.447. The number of nitrogens with zero attached hydrogens (tertiary/aromatic N) is 4. The van der Waals surface area contributed by atoms with Crippen LogP contribution in [0.25, 0.3) is 89.8 Å². The Morgan fingerprint density at radius 2 is 0.672 bits per heavy atom. The molecule has 8 aromatic carbocycles. The van der Waals surface area contributed by atoms with Crippen molar-refractivity contribution in [1.82, 2.24) is 19.9 Å². The van der Waals surface area contributed by atoms with Crippen LogP contribution in [-0.4, -0.2) is 19.9 Å². The Morgan fingerprint density at radius 1 is 0.262 bits per heavy atom. The van der Waals surface area contributed by atoms with Crippen molar-refractivity contribution in [1.29, 1.82) is 0 Å². The van der Waals surface area contributed by atoms with E-state index < -0.39 is 5.41 Å². The lowest BCUT2D eigenvalue weighted by Gasteiger charge is -2.30. The van der Waals surface area contributed by atoms with Gasteiger partial charge in [0.1, 0.15) is 0 Å². The Balaban J connectivity index is 1.10. The SMILES string of the molecule is c1ccc(-c2nc(-c3ccccc3)nc(-c3cc(-c4cccc(-c5cccnc5)c4)cc(-c4ccc5c(c4)C4(c6ccccc6-c6ccccc64)c4ccccc4-5)c3)n2)cc1. The zero-order valence-corrected chi connectivity index (χ0v) is 33.1. The van der Waals surface area contributed by atoms with E-state index in [9.17, 15) is 0 Å². The van der Waals surface area contributed by atoms with Crippen LogP contribution < -0.4 is 0 Å². The number of hydrogen-bond acceptors (Lipinski definition) is 4. The first kappa shape index (κ1) is 34.9. The van der Waals surface area contributed by atoms with Gasteiger partial charge in [-0.15, -0.1) is 0 Å². The van der Waals surface area contributed by atoms with Crippen LogP contribution in [0.1, 0.15) is 22.3 Å². The van der Waals surface area contributed by atoms with Gasteiger partial charge in [0.05, 0.1) is 5.41 Å². The van der Waals surface area contributed by atoms with E-state index in [2.05, 4.69) is 169 Å². The molecular weight excluding hydrogens is 741 g/mol. The molecule has 1 spiro atoms. The third-order valence-corrected chi connectivity index (χ3v) is 12.4.